The molecule has 3 rings (SSSR count). The van der Waals surface area contributed by atoms with Crippen LogP contribution in [0.1, 0.15) is 39.0 Å². The van der Waals surface area contributed by atoms with Gasteiger partial charge in [0, 0.05) is 31.0 Å². The fraction of sp³-hybridized carbons (Fsp3) is 0.524. The van der Waals surface area contributed by atoms with Gasteiger partial charge in [-0.05, 0) is 55.4 Å². The molecular weight excluding hydrogens is 358 g/mol. The van der Waals surface area contributed by atoms with Gasteiger partial charge in [0.1, 0.15) is 0 Å². The molecule has 3 N–H and O–H groups in total. The molecule has 1 saturated heterocycles. The van der Waals surface area contributed by atoms with Crippen molar-refractivity contribution in [3.05, 3.63) is 41.7 Å². The zero-order valence-corrected chi connectivity index (χ0v) is 16.8. The standard InChI is InChI=1S/C21H30ClN5/c1-16(8-11-24-20-6-4-19(23)5-7-20)2-3-17-9-12-27(13-10-17)21-25-14-18(22)15-26-21/h4-7,14-17,24H,2-3,8-13,23H2,1H3/t16-/m0/s1. The number of nitrogens with one attached hydrogen (secondary N) is 1. The minimum absolute atomic E-state index is 0.591. The Morgan fingerprint density at radius 2 is 1.81 bits per heavy atom. The first-order chi connectivity index (χ1) is 13.1. The van der Waals surface area contributed by atoms with Crippen LogP contribution in [0.15, 0.2) is 36.7 Å². The summed E-state index contributed by atoms with van der Waals surface area (Å²) < 4.78 is 0. The zero-order chi connectivity index (χ0) is 19.1. The third kappa shape index (κ3) is 6.28. The van der Waals surface area contributed by atoms with Crippen molar-refractivity contribution in [1.29, 1.82) is 0 Å². The summed E-state index contributed by atoms with van der Waals surface area (Å²) in [5, 5.41) is 4.07. The quantitative estimate of drug-likeness (QED) is 0.634. The number of halogens is 1. The molecule has 1 atom stereocenters. The van der Waals surface area contributed by atoms with Gasteiger partial charge in [0.2, 0.25) is 5.95 Å². The van der Waals surface area contributed by atoms with Crippen LogP contribution < -0.4 is 16.0 Å². The molecule has 1 aliphatic heterocycles. The second kappa shape index (κ2) is 9.79. The van der Waals surface area contributed by atoms with Gasteiger partial charge in [-0.1, -0.05) is 31.4 Å². The van der Waals surface area contributed by atoms with Gasteiger partial charge in [0.25, 0.3) is 0 Å². The smallest absolute Gasteiger partial charge is 0.225 e. The van der Waals surface area contributed by atoms with Crippen LogP contribution in [0.5, 0.6) is 0 Å². The Hall–Kier alpha value is -2.01. The second-order valence-electron chi connectivity index (χ2n) is 7.65. The number of hydrogen-bond acceptors (Lipinski definition) is 5. The Morgan fingerprint density at radius 1 is 1.15 bits per heavy atom. The lowest BCUT2D eigenvalue weighted by molar-refractivity contribution is 0.339. The van der Waals surface area contributed by atoms with Crippen LogP contribution in [-0.4, -0.2) is 29.6 Å². The lowest BCUT2D eigenvalue weighted by Crippen LogP contribution is -2.34. The van der Waals surface area contributed by atoms with E-state index in [-0.39, 0.29) is 0 Å². The Balaban J connectivity index is 1.31. The number of rotatable bonds is 8. The van der Waals surface area contributed by atoms with Crippen LogP contribution in [0.4, 0.5) is 17.3 Å². The van der Waals surface area contributed by atoms with Gasteiger partial charge in [-0.2, -0.15) is 0 Å². The highest BCUT2D eigenvalue weighted by atomic mass is 35.5. The van der Waals surface area contributed by atoms with Crippen molar-refractivity contribution >= 4 is 28.9 Å². The Kier molecular flexibility index (Phi) is 7.16. The molecular formula is C21H30ClN5. The highest BCUT2D eigenvalue weighted by Crippen LogP contribution is 2.26. The molecule has 0 aliphatic carbocycles. The van der Waals surface area contributed by atoms with E-state index in [1.165, 1.54) is 32.1 Å². The van der Waals surface area contributed by atoms with Crippen LogP contribution in [0.25, 0.3) is 0 Å². The molecule has 0 saturated carbocycles. The van der Waals surface area contributed by atoms with E-state index in [4.69, 9.17) is 17.3 Å². The van der Waals surface area contributed by atoms with Gasteiger partial charge in [0.05, 0.1) is 17.4 Å². The van der Waals surface area contributed by atoms with E-state index < -0.39 is 0 Å². The largest absolute Gasteiger partial charge is 0.399 e. The predicted molar refractivity (Wildman–Crippen MR) is 114 cm³/mol. The van der Waals surface area contributed by atoms with Crippen molar-refractivity contribution in [3.8, 4) is 0 Å². The average Bonchev–Trinajstić information content (AvgIpc) is 2.69. The Labute approximate surface area is 167 Å². The van der Waals surface area contributed by atoms with Crippen molar-refractivity contribution in [2.24, 2.45) is 11.8 Å². The molecule has 0 spiro atoms. The molecule has 0 radical (unpaired) electrons. The van der Waals surface area contributed by atoms with Gasteiger partial charge in [-0.25, -0.2) is 9.97 Å². The number of nitrogens with zero attached hydrogens (tertiary/aromatic N) is 3. The maximum Gasteiger partial charge on any atom is 0.225 e. The van der Waals surface area contributed by atoms with E-state index >= 15 is 0 Å². The molecule has 2 heterocycles. The summed E-state index contributed by atoms with van der Waals surface area (Å²) in [4.78, 5) is 10.9. The number of piperidine rings is 1. The predicted octanol–water partition coefficient (Wildman–Crippen LogP) is 4.85. The van der Waals surface area contributed by atoms with E-state index in [0.29, 0.717) is 5.02 Å². The zero-order valence-electron chi connectivity index (χ0n) is 16.1. The minimum atomic E-state index is 0.591. The first-order valence-electron chi connectivity index (χ1n) is 9.92. The van der Waals surface area contributed by atoms with E-state index in [1.807, 2.05) is 24.3 Å². The monoisotopic (exact) mass is 387 g/mol. The molecule has 1 aromatic heterocycles. The fourth-order valence-electron chi connectivity index (χ4n) is 3.62. The topological polar surface area (TPSA) is 67.1 Å². The van der Waals surface area contributed by atoms with Crippen LogP contribution >= 0.6 is 11.6 Å². The van der Waals surface area contributed by atoms with E-state index in [2.05, 4.69) is 27.1 Å². The van der Waals surface area contributed by atoms with Crippen LogP contribution in [0.2, 0.25) is 5.02 Å². The van der Waals surface area contributed by atoms with Gasteiger partial charge in [-0.15, -0.1) is 0 Å². The lowest BCUT2D eigenvalue weighted by atomic mass is 9.88. The van der Waals surface area contributed by atoms with Gasteiger partial charge in [0.15, 0.2) is 0 Å². The summed E-state index contributed by atoms with van der Waals surface area (Å²) in [7, 11) is 0. The van der Waals surface area contributed by atoms with E-state index in [1.54, 1.807) is 12.4 Å². The number of anilines is 3. The molecule has 5 nitrogen and oxygen atoms in total. The molecule has 0 bridgehead atoms. The molecule has 1 fully saturated rings. The summed E-state index contributed by atoms with van der Waals surface area (Å²) in [6.07, 6.45) is 9.61. The highest BCUT2D eigenvalue weighted by Gasteiger charge is 2.21. The Bertz CT molecular complexity index is 681. The molecule has 2 aromatic rings. The maximum atomic E-state index is 5.87. The maximum absolute atomic E-state index is 5.87. The number of nitrogens with two attached hydrogens (primary N) is 1. The molecule has 146 valence electrons. The van der Waals surface area contributed by atoms with Crippen LogP contribution in [-0.2, 0) is 0 Å². The first-order valence-corrected chi connectivity index (χ1v) is 10.3. The normalized spacial score (nSPS) is 16.3. The van der Waals surface area contributed by atoms with Crippen molar-refractivity contribution in [2.45, 2.75) is 39.0 Å². The number of hydrogen-bond donors (Lipinski definition) is 2. The van der Waals surface area contributed by atoms with Crippen molar-refractivity contribution < 1.29 is 0 Å². The number of benzene rings is 1. The summed E-state index contributed by atoms with van der Waals surface area (Å²) in [5.74, 6) is 2.37. The lowest BCUT2D eigenvalue weighted by Gasteiger charge is -2.32. The number of nitrogen functional groups attached to an aromatic ring is 1. The number of aromatic nitrogens is 2. The van der Waals surface area contributed by atoms with Gasteiger partial charge >= 0.3 is 0 Å². The first kappa shape index (κ1) is 19.7. The summed E-state index contributed by atoms with van der Waals surface area (Å²) in [5.41, 5.74) is 7.67. The minimum Gasteiger partial charge on any atom is -0.399 e. The van der Waals surface area contributed by atoms with Crippen molar-refractivity contribution in [3.63, 3.8) is 0 Å². The molecule has 6 heteroatoms. The molecule has 27 heavy (non-hydrogen) atoms. The third-order valence-corrected chi connectivity index (χ3v) is 5.64. The molecule has 0 amide bonds. The molecule has 0 unspecified atom stereocenters. The Morgan fingerprint density at radius 3 is 2.48 bits per heavy atom. The summed E-state index contributed by atoms with van der Waals surface area (Å²) >= 11 is 5.87. The highest BCUT2D eigenvalue weighted by molar-refractivity contribution is 6.30. The van der Waals surface area contributed by atoms with Gasteiger partial charge < -0.3 is 16.0 Å². The van der Waals surface area contributed by atoms with Gasteiger partial charge in [-0.3, -0.25) is 0 Å². The van der Waals surface area contributed by atoms with Crippen LogP contribution in [0.3, 0.4) is 0 Å². The molecule has 1 aliphatic rings. The average molecular weight is 388 g/mol. The summed E-state index contributed by atoms with van der Waals surface area (Å²) in [6, 6.07) is 7.96. The summed E-state index contributed by atoms with van der Waals surface area (Å²) in [6.45, 7) is 5.46. The fourth-order valence-corrected chi connectivity index (χ4v) is 3.72. The van der Waals surface area contributed by atoms with Crippen molar-refractivity contribution in [1.82, 2.24) is 9.97 Å². The SMILES string of the molecule is C[C@H](CCNc1ccc(N)cc1)CCC1CCN(c2ncc(Cl)cn2)CC1. The third-order valence-electron chi connectivity index (χ3n) is 5.45. The molecule has 1 aromatic carbocycles. The van der Waals surface area contributed by atoms with Crippen LogP contribution in [0, 0.1) is 11.8 Å². The van der Waals surface area contributed by atoms with E-state index in [9.17, 15) is 0 Å². The van der Waals surface area contributed by atoms with Crippen molar-refractivity contribution in [2.75, 3.05) is 35.6 Å². The second-order valence-corrected chi connectivity index (χ2v) is 8.09. The van der Waals surface area contributed by atoms with E-state index in [0.717, 1.165) is 48.8 Å².